The molecular weight excluding hydrogens is 312 g/mol. The minimum Gasteiger partial charge on any atom is -0.338 e. The third-order valence-corrected chi connectivity index (χ3v) is 4.45. The molecular formula is C16H18N4O2S. The van der Waals surface area contributed by atoms with E-state index in [2.05, 4.69) is 20.6 Å². The Balaban J connectivity index is 1.74. The lowest BCUT2D eigenvalue weighted by atomic mass is 10.2. The zero-order valence-corrected chi connectivity index (χ0v) is 13.7. The molecule has 1 aliphatic rings. The molecule has 1 saturated carbocycles. The van der Waals surface area contributed by atoms with Crippen molar-refractivity contribution in [1.29, 1.82) is 0 Å². The molecule has 23 heavy (non-hydrogen) atoms. The number of aromatic nitrogens is 2. The normalized spacial score (nSPS) is 13.8. The standard InChI is InChI=1S/C16H18N4O2S/c1-2-17-16(22)19-13(21)9-23-15-11-5-3-4-6-12(11)18-14(20-15)10-7-8-10/h3-6,10H,2,7-9H2,1H3,(H2,17,19,21,22). The van der Waals surface area contributed by atoms with E-state index >= 15 is 0 Å². The smallest absolute Gasteiger partial charge is 0.321 e. The van der Waals surface area contributed by atoms with Crippen LogP contribution in [0.25, 0.3) is 10.9 Å². The first-order valence-electron chi connectivity index (χ1n) is 7.64. The van der Waals surface area contributed by atoms with E-state index in [1.165, 1.54) is 11.8 Å². The number of thioether (sulfide) groups is 1. The molecule has 2 N–H and O–H groups in total. The highest BCUT2D eigenvalue weighted by Gasteiger charge is 2.27. The van der Waals surface area contributed by atoms with Gasteiger partial charge in [-0.25, -0.2) is 14.8 Å². The van der Waals surface area contributed by atoms with Crippen molar-refractivity contribution in [3.8, 4) is 0 Å². The number of carbonyl (C=O) groups is 2. The van der Waals surface area contributed by atoms with E-state index in [0.29, 0.717) is 12.5 Å². The number of hydrogen-bond acceptors (Lipinski definition) is 5. The van der Waals surface area contributed by atoms with Crippen LogP contribution in [0.15, 0.2) is 29.3 Å². The summed E-state index contributed by atoms with van der Waals surface area (Å²) in [6.45, 7) is 2.28. The fourth-order valence-corrected chi connectivity index (χ4v) is 3.03. The first-order chi connectivity index (χ1) is 11.2. The van der Waals surface area contributed by atoms with Gasteiger partial charge in [-0.2, -0.15) is 0 Å². The maximum absolute atomic E-state index is 11.8. The van der Waals surface area contributed by atoms with Crippen molar-refractivity contribution in [3.63, 3.8) is 0 Å². The molecule has 3 rings (SSSR count). The lowest BCUT2D eigenvalue weighted by Crippen LogP contribution is -2.40. The van der Waals surface area contributed by atoms with Crippen molar-refractivity contribution >= 4 is 34.6 Å². The first kappa shape index (κ1) is 15.7. The molecule has 0 bridgehead atoms. The van der Waals surface area contributed by atoms with Gasteiger partial charge in [-0.1, -0.05) is 30.0 Å². The third-order valence-electron chi connectivity index (χ3n) is 3.46. The summed E-state index contributed by atoms with van der Waals surface area (Å²) in [5.41, 5.74) is 0.899. The van der Waals surface area contributed by atoms with Crippen molar-refractivity contribution in [2.75, 3.05) is 12.3 Å². The predicted octanol–water partition coefficient (Wildman–Crippen LogP) is 2.45. The van der Waals surface area contributed by atoms with Crippen LogP contribution in [0.5, 0.6) is 0 Å². The van der Waals surface area contributed by atoms with Gasteiger partial charge in [0.1, 0.15) is 10.9 Å². The highest BCUT2D eigenvalue weighted by Crippen LogP contribution is 2.39. The molecule has 1 aliphatic carbocycles. The molecule has 0 radical (unpaired) electrons. The molecule has 6 nitrogen and oxygen atoms in total. The Morgan fingerprint density at radius 2 is 2.04 bits per heavy atom. The van der Waals surface area contributed by atoms with E-state index in [-0.39, 0.29) is 11.7 Å². The molecule has 3 amide bonds. The Morgan fingerprint density at radius 3 is 2.78 bits per heavy atom. The Labute approximate surface area is 138 Å². The summed E-state index contributed by atoms with van der Waals surface area (Å²) in [7, 11) is 0. The van der Waals surface area contributed by atoms with E-state index in [4.69, 9.17) is 0 Å². The maximum Gasteiger partial charge on any atom is 0.321 e. The van der Waals surface area contributed by atoms with Crippen LogP contribution in [0.3, 0.4) is 0 Å². The van der Waals surface area contributed by atoms with Gasteiger partial charge < -0.3 is 5.32 Å². The summed E-state index contributed by atoms with van der Waals surface area (Å²) < 4.78 is 0. The zero-order chi connectivity index (χ0) is 16.2. The van der Waals surface area contributed by atoms with Crippen molar-refractivity contribution in [2.45, 2.75) is 30.7 Å². The van der Waals surface area contributed by atoms with E-state index in [1.807, 2.05) is 24.3 Å². The Hall–Kier alpha value is -2.15. The number of fused-ring (bicyclic) bond motifs is 1. The number of para-hydroxylation sites is 1. The summed E-state index contributed by atoms with van der Waals surface area (Å²) in [6.07, 6.45) is 2.25. The van der Waals surface area contributed by atoms with Gasteiger partial charge in [-0.3, -0.25) is 10.1 Å². The van der Waals surface area contributed by atoms with Crippen LogP contribution in [-0.4, -0.2) is 34.2 Å². The van der Waals surface area contributed by atoms with Crippen molar-refractivity contribution in [1.82, 2.24) is 20.6 Å². The van der Waals surface area contributed by atoms with Gasteiger partial charge >= 0.3 is 6.03 Å². The molecule has 0 atom stereocenters. The molecule has 1 aromatic heterocycles. The summed E-state index contributed by atoms with van der Waals surface area (Å²) in [6, 6.07) is 7.32. The average Bonchev–Trinajstić information content (AvgIpc) is 3.37. The van der Waals surface area contributed by atoms with Crippen LogP contribution in [0.2, 0.25) is 0 Å². The second-order valence-corrected chi connectivity index (χ2v) is 6.34. The van der Waals surface area contributed by atoms with Gasteiger partial charge in [0, 0.05) is 17.8 Å². The number of carbonyl (C=O) groups excluding carboxylic acids is 2. The van der Waals surface area contributed by atoms with E-state index < -0.39 is 6.03 Å². The molecule has 2 aromatic rings. The fourth-order valence-electron chi connectivity index (χ4n) is 2.20. The quantitative estimate of drug-likeness (QED) is 0.650. The zero-order valence-electron chi connectivity index (χ0n) is 12.8. The van der Waals surface area contributed by atoms with Gasteiger partial charge in [-0.05, 0) is 25.8 Å². The van der Waals surface area contributed by atoms with Gasteiger partial charge in [0.25, 0.3) is 0 Å². The molecule has 1 fully saturated rings. The molecule has 0 unspecified atom stereocenters. The highest BCUT2D eigenvalue weighted by atomic mass is 32.2. The van der Waals surface area contributed by atoms with Crippen molar-refractivity contribution < 1.29 is 9.59 Å². The summed E-state index contributed by atoms with van der Waals surface area (Å²) >= 11 is 1.33. The SMILES string of the molecule is CCNC(=O)NC(=O)CSc1nc(C2CC2)nc2ccccc12. The number of hydrogen-bond donors (Lipinski definition) is 2. The minimum atomic E-state index is -0.468. The number of urea groups is 1. The van der Waals surface area contributed by atoms with Crippen LogP contribution < -0.4 is 10.6 Å². The van der Waals surface area contributed by atoms with Gasteiger partial charge in [0.05, 0.1) is 11.3 Å². The molecule has 7 heteroatoms. The Morgan fingerprint density at radius 1 is 1.26 bits per heavy atom. The van der Waals surface area contributed by atoms with Crippen molar-refractivity contribution in [3.05, 3.63) is 30.1 Å². The van der Waals surface area contributed by atoms with Crippen molar-refractivity contribution in [2.24, 2.45) is 0 Å². The summed E-state index contributed by atoms with van der Waals surface area (Å²) in [5, 5.41) is 6.56. The average molecular weight is 330 g/mol. The second kappa shape index (κ2) is 6.95. The fraction of sp³-hybridized carbons (Fsp3) is 0.375. The van der Waals surface area contributed by atoms with E-state index in [1.54, 1.807) is 6.92 Å². The monoisotopic (exact) mass is 330 g/mol. The van der Waals surface area contributed by atoms with Gasteiger partial charge in [-0.15, -0.1) is 0 Å². The molecule has 0 aliphatic heterocycles. The van der Waals surface area contributed by atoms with Gasteiger partial charge in [0.2, 0.25) is 5.91 Å². The summed E-state index contributed by atoms with van der Waals surface area (Å²) in [5.74, 6) is 1.11. The lowest BCUT2D eigenvalue weighted by molar-refractivity contribution is -0.117. The first-order valence-corrected chi connectivity index (χ1v) is 8.63. The minimum absolute atomic E-state index is 0.141. The van der Waals surface area contributed by atoms with Crippen LogP contribution >= 0.6 is 11.8 Å². The van der Waals surface area contributed by atoms with Crippen LogP contribution in [0.4, 0.5) is 4.79 Å². The van der Waals surface area contributed by atoms with Crippen LogP contribution in [-0.2, 0) is 4.79 Å². The molecule has 120 valence electrons. The number of benzene rings is 1. The van der Waals surface area contributed by atoms with Gasteiger partial charge in [0.15, 0.2) is 0 Å². The number of amides is 3. The summed E-state index contributed by atoms with van der Waals surface area (Å²) in [4.78, 5) is 32.4. The van der Waals surface area contributed by atoms with Crippen LogP contribution in [0, 0.1) is 0 Å². The Bertz CT molecular complexity index is 746. The molecule has 0 saturated heterocycles. The lowest BCUT2D eigenvalue weighted by Gasteiger charge is -2.08. The number of rotatable bonds is 5. The number of nitrogens with one attached hydrogen (secondary N) is 2. The largest absolute Gasteiger partial charge is 0.338 e. The van der Waals surface area contributed by atoms with Crippen LogP contribution in [0.1, 0.15) is 31.5 Å². The molecule has 1 heterocycles. The third kappa shape index (κ3) is 3.98. The Kier molecular flexibility index (Phi) is 4.76. The molecule has 1 aromatic carbocycles. The predicted molar refractivity (Wildman–Crippen MR) is 89.5 cm³/mol. The molecule has 0 spiro atoms. The number of imide groups is 1. The maximum atomic E-state index is 11.8. The van der Waals surface area contributed by atoms with E-state index in [0.717, 1.165) is 34.6 Å². The highest BCUT2D eigenvalue weighted by molar-refractivity contribution is 8.00. The van der Waals surface area contributed by atoms with E-state index in [9.17, 15) is 9.59 Å². The topological polar surface area (TPSA) is 84.0 Å². The number of nitrogens with zero attached hydrogens (tertiary/aromatic N) is 2. The second-order valence-electron chi connectivity index (χ2n) is 5.37.